The molecule has 0 aliphatic carbocycles. The number of nitrogens with zero attached hydrogens (tertiary/aromatic N) is 3. The second kappa shape index (κ2) is 11.7. The first-order chi connectivity index (χ1) is 15.1. The smallest absolute Gasteiger partial charge is 0.490 e. The molecule has 0 amide bonds. The molecule has 2 N–H and O–H groups in total. The van der Waals surface area contributed by atoms with Crippen LogP contribution in [0, 0.1) is 0 Å². The number of thioether (sulfide) groups is 1. The maximum Gasteiger partial charge on any atom is 0.490 e. The molecule has 1 aromatic carbocycles. The number of carbonyl (C=O) groups excluding carboxylic acids is 1. The van der Waals surface area contributed by atoms with E-state index in [0.29, 0.717) is 6.54 Å². The van der Waals surface area contributed by atoms with Crippen LogP contribution in [0.2, 0.25) is 0 Å². The van der Waals surface area contributed by atoms with Gasteiger partial charge in [0.25, 0.3) is 0 Å². The summed E-state index contributed by atoms with van der Waals surface area (Å²) in [5.41, 5.74) is 3.15. The van der Waals surface area contributed by atoms with E-state index in [0.717, 1.165) is 36.5 Å². The Labute approximate surface area is 186 Å². The van der Waals surface area contributed by atoms with Gasteiger partial charge in [-0.25, -0.2) is 9.48 Å². The number of rotatable bonds is 5. The molecular weight excluding hydrogens is 449 g/mol. The van der Waals surface area contributed by atoms with E-state index in [9.17, 15) is 18.0 Å². The normalized spacial score (nSPS) is 17.4. The van der Waals surface area contributed by atoms with E-state index in [4.69, 9.17) is 14.6 Å². The lowest BCUT2D eigenvalue weighted by Gasteiger charge is -2.24. The molecule has 0 saturated carbocycles. The zero-order chi connectivity index (χ0) is 23.7. The van der Waals surface area contributed by atoms with Crippen molar-refractivity contribution in [2.75, 3.05) is 20.2 Å². The Balaban J connectivity index is 0.000000451. The number of aromatic nitrogens is 3. The first-order valence-electron chi connectivity index (χ1n) is 9.50. The van der Waals surface area contributed by atoms with Crippen LogP contribution in [0.1, 0.15) is 24.6 Å². The number of carbonyl (C=O) groups is 2. The fourth-order valence-electron chi connectivity index (χ4n) is 2.81. The van der Waals surface area contributed by atoms with E-state index in [2.05, 4.69) is 15.6 Å². The number of piperidine rings is 1. The number of hydrogen-bond donors (Lipinski definition) is 2. The minimum atomic E-state index is -5.08. The van der Waals surface area contributed by atoms with Crippen LogP contribution in [0.5, 0.6) is 5.75 Å². The molecule has 2 aromatic rings. The predicted molar refractivity (Wildman–Crippen MR) is 113 cm³/mol. The number of alkyl halides is 3. The number of carboxylic acid groups (broad SMARTS) is 1. The Kier molecular flexibility index (Phi) is 9.27. The largest absolute Gasteiger partial charge is 0.497 e. The highest BCUT2D eigenvalue weighted by Gasteiger charge is 2.38. The van der Waals surface area contributed by atoms with Crippen molar-refractivity contribution in [1.29, 1.82) is 0 Å². The monoisotopic (exact) mass is 472 g/mol. The molecule has 1 fully saturated rings. The second-order valence-electron chi connectivity index (χ2n) is 6.77. The molecular formula is C20H23F3N4O4S. The average molecular weight is 472 g/mol. The van der Waals surface area contributed by atoms with Gasteiger partial charge < -0.3 is 15.2 Å². The van der Waals surface area contributed by atoms with Gasteiger partial charge in [0.2, 0.25) is 0 Å². The van der Waals surface area contributed by atoms with Crippen molar-refractivity contribution in [2.45, 2.75) is 31.3 Å². The van der Waals surface area contributed by atoms with Crippen LogP contribution in [0.25, 0.3) is 6.08 Å². The van der Waals surface area contributed by atoms with E-state index in [1.165, 1.54) is 17.3 Å². The van der Waals surface area contributed by atoms with Crippen molar-refractivity contribution >= 4 is 28.9 Å². The molecule has 0 bridgehead atoms. The molecule has 174 valence electrons. The van der Waals surface area contributed by atoms with Gasteiger partial charge in [-0.2, -0.15) is 13.2 Å². The van der Waals surface area contributed by atoms with E-state index < -0.39 is 12.1 Å². The average Bonchev–Trinajstić information content (AvgIpc) is 3.16. The van der Waals surface area contributed by atoms with Crippen LogP contribution < -0.4 is 10.1 Å². The third kappa shape index (κ3) is 8.35. The minimum Gasteiger partial charge on any atom is -0.497 e. The first-order valence-corrected chi connectivity index (χ1v) is 10.4. The third-order valence-electron chi connectivity index (χ3n) is 4.27. The van der Waals surface area contributed by atoms with Crippen LogP contribution in [0.4, 0.5) is 13.2 Å². The van der Waals surface area contributed by atoms with Gasteiger partial charge in [-0.05, 0) is 42.3 Å². The Bertz CT molecular complexity index is 945. The van der Waals surface area contributed by atoms with Gasteiger partial charge in [0, 0.05) is 18.7 Å². The summed E-state index contributed by atoms with van der Waals surface area (Å²) in [5, 5.41) is 19.3. The Morgan fingerprint density at radius 3 is 2.56 bits per heavy atom. The van der Waals surface area contributed by atoms with Crippen molar-refractivity contribution < 1.29 is 32.6 Å². The molecule has 1 aliphatic rings. The molecule has 3 rings (SSSR count). The fraction of sp³-hybridized carbons (Fsp3) is 0.400. The molecule has 1 aromatic heterocycles. The summed E-state index contributed by atoms with van der Waals surface area (Å²) in [6.45, 7) is 4.00. The lowest BCUT2D eigenvalue weighted by molar-refractivity contribution is -0.192. The Morgan fingerprint density at radius 1 is 1.34 bits per heavy atom. The van der Waals surface area contributed by atoms with Gasteiger partial charge in [0.05, 0.1) is 19.9 Å². The molecule has 12 heteroatoms. The molecule has 0 spiro atoms. The molecule has 2 heterocycles. The van der Waals surface area contributed by atoms with Crippen LogP contribution in [0.15, 0.2) is 36.0 Å². The van der Waals surface area contributed by atoms with Gasteiger partial charge in [-0.15, -0.1) is 5.10 Å². The van der Waals surface area contributed by atoms with E-state index in [1.807, 2.05) is 41.2 Å². The molecule has 0 radical (unpaired) electrons. The molecule has 1 aliphatic heterocycles. The van der Waals surface area contributed by atoms with Crippen molar-refractivity contribution in [2.24, 2.45) is 0 Å². The number of carboxylic acids is 1. The van der Waals surface area contributed by atoms with E-state index in [1.54, 1.807) is 14.0 Å². The van der Waals surface area contributed by atoms with Gasteiger partial charge >= 0.3 is 12.1 Å². The molecule has 1 unspecified atom stereocenters. The van der Waals surface area contributed by atoms with Crippen LogP contribution >= 0.6 is 11.8 Å². The summed E-state index contributed by atoms with van der Waals surface area (Å²) >= 11 is 1.40. The Morgan fingerprint density at radius 2 is 2.00 bits per heavy atom. The molecule has 1 saturated heterocycles. The number of aliphatic carboxylic acids is 1. The minimum absolute atomic E-state index is 0.154. The fourth-order valence-corrected chi connectivity index (χ4v) is 3.75. The number of nitrogens with one attached hydrogen (secondary N) is 1. The van der Waals surface area contributed by atoms with Crippen molar-refractivity contribution in [3.05, 3.63) is 47.3 Å². The van der Waals surface area contributed by atoms with Crippen molar-refractivity contribution in [3.8, 4) is 5.75 Å². The highest BCUT2D eigenvalue weighted by molar-refractivity contribution is 8.14. The van der Waals surface area contributed by atoms with Gasteiger partial charge in [0.1, 0.15) is 11.4 Å². The molecule has 8 nitrogen and oxygen atoms in total. The summed E-state index contributed by atoms with van der Waals surface area (Å²) in [6, 6.07) is 7.91. The SMILES string of the molecule is COc1ccc(Cn2cc(/C=C3\CNCCC3SC(C)=O)nn2)cc1.O=C(O)C(F)(F)F. The second-order valence-corrected chi connectivity index (χ2v) is 8.15. The van der Waals surface area contributed by atoms with E-state index in [-0.39, 0.29) is 10.4 Å². The quantitative estimate of drug-likeness (QED) is 0.684. The standard InChI is InChI=1S/C18H22N4O2S.C2HF3O2/c1-13(23)25-18-7-8-19-10-15(18)9-16-12-22(21-20-16)11-14-3-5-17(24-2)6-4-14;3-2(4,5)1(6)7/h3-6,9,12,18-19H,7-8,10-11H2,1-2H3;(H,6,7)/b15-9+;. The third-order valence-corrected chi connectivity index (χ3v) is 5.42. The zero-order valence-corrected chi connectivity index (χ0v) is 18.2. The summed E-state index contributed by atoms with van der Waals surface area (Å²) in [5.74, 6) is -1.92. The lowest BCUT2D eigenvalue weighted by Crippen LogP contribution is -2.32. The lowest BCUT2D eigenvalue weighted by atomic mass is 10.1. The molecule has 1 atom stereocenters. The summed E-state index contributed by atoms with van der Waals surface area (Å²) in [7, 11) is 1.66. The van der Waals surface area contributed by atoms with Gasteiger partial charge in [-0.1, -0.05) is 29.1 Å². The van der Waals surface area contributed by atoms with Crippen LogP contribution in [0.3, 0.4) is 0 Å². The number of benzene rings is 1. The van der Waals surface area contributed by atoms with Crippen LogP contribution in [-0.2, 0) is 16.1 Å². The maximum atomic E-state index is 11.4. The first kappa shape index (κ1) is 25.4. The number of hydrogen-bond acceptors (Lipinski definition) is 7. The highest BCUT2D eigenvalue weighted by Crippen LogP contribution is 2.26. The van der Waals surface area contributed by atoms with Crippen LogP contribution in [-0.4, -0.2) is 62.8 Å². The zero-order valence-electron chi connectivity index (χ0n) is 17.4. The topological polar surface area (TPSA) is 106 Å². The summed E-state index contributed by atoms with van der Waals surface area (Å²) in [4.78, 5) is 20.3. The van der Waals surface area contributed by atoms with Crippen molar-refractivity contribution in [3.63, 3.8) is 0 Å². The highest BCUT2D eigenvalue weighted by atomic mass is 32.2. The number of methoxy groups -OCH3 is 1. The summed E-state index contributed by atoms with van der Waals surface area (Å²) < 4.78 is 38.7. The number of ether oxygens (including phenoxy) is 1. The predicted octanol–water partition coefficient (Wildman–Crippen LogP) is 2.99. The van der Waals surface area contributed by atoms with Gasteiger partial charge in [-0.3, -0.25) is 4.79 Å². The molecule has 32 heavy (non-hydrogen) atoms. The van der Waals surface area contributed by atoms with Gasteiger partial charge in [0.15, 0.2) is 5.12 Å². The van der Waals surface area contributed by atoms with Crippen molar-refractivity contribution in [1.82, 2.24) is 20.3 Å². The number of halogens is 3. The summed E-state index contributed by atoms with van der Waals surface area (Å²) in [6.07, 6.45) is -0.151. The maximum absolute atomic E-state index is 11.4. The van der Waals surface area contributed by atoms with E-state index >= 15 is 0 Å². The Hall–Kier alpha value is -2.86.